The number of hydrogen-bond acceptors (Lipinski definition) is 5. The molecule has 1 aromatic carbocycles. The second-order valence-electron chi connectivity index (χ2n) is 5.24. The van der Waals surface area contributed by atoms with Crippen molar-refractivity contribution in [3.05, 3.63) is 29.8 Å². The first-order valence-corrected chi connectivity index (χ1v) is 7.88. The molecule has 0 aliphatic heterocycles. The van der Waals surface area contributed by atoms with E-state index in [1.54, 1.807) is 12.1 Å². The molecule has 1 atom stereocenters. The van der Waals surface area contributed by atoms with Crippen molar-refractivity contribution in [2.75, 3.05) is 20.3 Å². The first kappa shape index (κ1) is 19.5. The largest absolute Gasteiger partial charge is 0.493 e. The van der Waals surface area contributed by atoms with Gasteiger partial charge in [0.25, 0.3) is 5.91 Å². The third-order valence-electron chi connectivity index (χ3n) is 3.28. The molecule has 0 bridgehead atoms. The lowest BCUT2D eigenvalue weighted by molar-refractivity contribution is -0.150. The predicted octanol–water partition coefficient (Wildman–Crippen LogP) is 2.57. The highest BCUT2D eigenvalue weighted by Gasteiger charge is 2.12. The van der Waals surface area contributed by atoms with Crippen LogP contribution >= 0.6 is 0 Å². The number of benzene rings is 1. The zero-order valence-electron chi connectivity index (χ0n) is 14.6. The molecule has 0 radical (unpaired) electrons. The van der Waals surface area contributed by atoms with Crippen molar-refractivity contribution in [2.24, 2.45) is 0 Å². The van der Waals surface area contributed by atoms with E-state index in [0.717, 1.165) is 12.0 Å². The summed E-state index contributed by atoms with van der Waals surface area (Å²) < 4.78 is 15.5. The number of methoxy groups -OCH3 is 1. The van der Waals surface area contributed by atoms with Gasteiger partial charge in [0.15, 0.2) is 24.7 Å². The van der Waals surface area contributed by atoms with Gasteiger partial charge < -0.3 is 19.5 Å². The Morgan fingerprint density at radius 2 is 2.00 bits per heavy atom. The van der Waals surface area contributed by atoms with E-state index in [0.29, 0.717) is 11.5 Å². The number of hydrogen-bond donors (Lipinski definition) is 1. The lowest BCUT2D eigenvalue weighted by Gasteiger charge is -2.12. The minimum Gasteiger partial charge on any atom is -0.493 e. The van der Waals surface area contributed by atoms with Crippen LogP contribution in [0.2, 0.25) is 0 Å². The Kier molecular flexibility index (Phi) is 8.39. The van der Waals surface area contributed by atoms with Gasteiger partial charge in [-0.15, -0.1) is 0 Å². The summed E-state index contributed by atoms with van der Waals surface area (Å²) in [7, 11) is 1.53. The molecule has 132 valence electrons. The summed E-state index contributed by atoms with van der Waals surface area (Å²) in [6.45, 7) is 5.15. The summed E-state index contributed by atoms with van der Waals surface area (Å²) in [4.78, 5) is 23.2. The van der Waals surface area contributed by atoms with Crippen LogP contribution in [-0.4, -0.2) is 38.2 Å². The highest BCUT2D eigenvalue weighted by Crippen LogP contribution is 2.28. The second kappa shape index (κ2) is 10.3. The maximum Gasteiger partial charge on any atom is 0.344 e. The van der Waals surface area contributed by atoms with Crippen molar-refractivity contribution in [3.8, 4) is 11.5 Å². The summed E-state index contributed by atoms with van der Waals surface area (Å²) >= 11 is 0. The first-order valence-electron chi connectivity index (χ1n) is 7.88. The van der Waals surface area contributed by atoms with Crippen LogP contribution in [0.15, 0.2) is 24.3 Å². The molecule has 0 unspecified atom stereocenters. The van der Waals surface area contributed by atoms with Crippen molar-refractivity contribution in [2.45, 2.75) is 33.2 Å². The number of amides is 1. The minimum atomic E-state index is -0.617. The van der Waals surface area contributed by atoms with Crippen molar-refractivity contribution in [3.63, 3.8) is 0 Å². The highest BCUT2D eigenvalue weighted by atomic mass is 16.6. The molecule has 6 nitrogen and oxygen atoms in total. The van der Waals surface area contributed by atoms with Crippen LogP contribution in [0.3, 0.4) is 0 Å². The normalized spacial score (nSPS) is 11.8. The summed E-state index contributed by atoms with van der Waals surface area (Å²) in [5, 5.41) is 2.71. The number of ether oxygens (including phenoxy) is 3. The van der Waals surface area contributed by atoms with Gasteiger partial charge in [-0.1, -0.05) is 25.1 Å². The number of carbonyl (C=O) groups is 2. The van der Waals surface area contributed by atoms with E-state index in [2.05, 4.69) is 5.32 Å². The number of esters is 1. The minimum absolute atomic E-state index is 0.0485. The van der Waals surface area contributed by atoms with Gasteiger partial charge in [-0.2, -0.15) is 0 Å². The van der Waals surface area contributed by atoms with E-state index in [1.165, 1.54) is 7.11 Å². The van der Waals surface area contributed by atoms with Gasteiger partial charge in [-0.3, -0.25) is 4.79 Å². The number of nitrogens with one attached hydrogen (secondary N) is 1. The lowest BCUT2D eigenvalue weighted by atomic mass is 10.2. The van der Waals surface area contributed by atoms with E-state index >= 15 is 0 Å². The Morgan fingerprint density at radius 3 is 2.62 bits per heavy atom. The molecule has 1 N–H and O–H groups in total. The molecule has 0 saturated carbocycles. The summed E-state index contributed by atoms with van der Waals surface area (Å²) in [5.74, 6) is 0.0135. The van der Waals surface area contributed by atoms with E-state index in [9.17, 15) is 9.59 Å². The fourth-order valence-corrected chi connectivity index (χ4v) is 1.84. The van der Waals surface area contributed by atoms with E-state index in [1.807, 2.05) is 39.0 Å². The zero-order valence-corrected chi connectivity index (χ0v) is 14.6. The average Bonchev–Trinajstić information content (AvgIpc) is 2.58. The van der Waals surface area contributed by atoms with Crippen LogP contribution in [0.1, 0.15) is 32.8 Å². The van der Waals surface area contributed by atoms with Crippen LogP contribution in [0.4, 0.5) is 0 Å². The average molecular weight is 335 g/mol. The number of rotatable bonds is 9. The molecule has 24 heavy (non-hydrogen) atoms. The fraction of sp³-hybridized carbons (Fsp3) is 0.444. The Labute approximate surface area is 142 Å². The molecular weight excluding hydrogens is 310 g/mol. The predicted molar refractivity (Wildman–Crippen MR) is 92.1 cm³/mol. The SMILES string of the molecule is C/C=C/c1ccc(OCC(=O)OCC(=O)N[C@@H](C)CC)c(OC)c1. The van der Waals surface area contributed by atoms with Crippen molar-refractivity contribution >= 4 is 18.0 Å². The standard InChI is InChI=1S/C18H25NO5/c1-5-7-14-8-9-15(16(10-14)22-4)23-12-18(21)24-11-17(20)19-13(3)6-2/h5,7-10,13H,6,11-12H2,1-4H3,(H,19,20)/b7-5+/t13-/m0/s1. The van der Waals surface area contributed by atoms with E-state index in [-0.39, 0.29) is 25.2 Å². The Morgan fingerprint density at radius 1 is 1.25 bits per heavy atom. The molecule has 0 saturated heterocycles. The monoisotopic (exact) mass is 335 g/mol. The van der Waals surface area contributed by atoms with Crippen LogP contribution in [0.5, 0.6) is 11.5 Å². The van der Waals surface area contributed by atoms with Gasteiger partial charge in [0, 0.05) is 6.04 Å². The molecule has 0 aliphatic rings. The topological polar surface area (TPSA) is 73.9 Å². The fourth-order valence-electron chi connectivity index (χ4n) is 1.84. The van der Waals surface area contributed by atoms with Crippen LogP contribution in [-0.2, 0) is 14.3 Å². The third kappa shape index (κ3) is 6.73. The molecule has 0 aromatic heterocycles. The van der Waals surface area contributed by atoms with Gasteiger partial charge in [-0.25, -0.2) is 4.79 Å². The first-order chi connectivity index (χ1) is 11.5. The van der Waals surface area contributed by atoms with Gasteiger partial charge in [0.05, 0.1) is 7.11 Å². The second-order valence-corrected chi connectivity index (χ2v) is 5.24. The van der Waals surface area contributed by atoms with E-state index < -0.39 is 5.97 Å². The van der Waals surface area contributed by atoms with Crippen molar-refractivity contribution < 1.29 is 23.8 Å². The van der Waals surface area contributed by atoms with Gasteiger partial charge >= 0.3 is 5.97 Å². The molecule has 0 aliphatic carbocycles. The summed E-state index contributed by atoms with van der Waals surface area (Å²) in [6.07, 6.45) is 4.65. The zero-order chi connectivity index (χ0) is 17.9. The van der Waals surface area contributed by atoms with Gasteiger partial charge in [-0.05, 0) is 38.0 Å². The Hall–Kier alpha value is -2.50. The molecular formula is C18H25NO5. The molecule has 0 spiro atoms. The third-order valence-corrected chi connectivity index (χ3v) is 3.28. The molecule has 0 fully saturated rings. The van der Waals surface area contributed by atoms with Crippen molar-refractivity contribution in [1.82, 2.24) is 5.32 Å². The van der Waals surface area contributed by atoms with Crippen LogP contribution < -0.4 is 14.8 Å². The number of allylic oxidation sites excluding steroid dienone is 1. The smallest absolute Gasteiger partial charge is 0.344 e. The summed E-state index contributed by atoms with van der Waals surface area (Å²) in [6, 6.07) is 5.42. The van der Waals surface area contributed by atoms with Gasteiger partial charge in [0.2, 0.25) is 0 Å². The molecule has 0 heterocycles. The van der Waals surface area contributed by atoms with Crippen LogP contribution in [0.25, 0.3) is 6.08 Å². The molecule has 1 aromatic rings. The van der Waals surface area contributed by atoms with Crippen LogP contribution in [0, 0.1) is 0 Å². The maximum atomic E-state index is 11.7. The van der Waals surface area contributed by atoms with Gasteiger partial charge in [0.1, 0.15) is 0 Å². The quantitative estimate of drug-likeness (QED) is 0.702. The molecule has 6 heteroatoms. The highest BCUT2D eigenvalue weighted by molar-refractivity contribution is 5.81. The lowest BCUT2D eigenvalue weighted by Crippen LogP contribution is -2.35. The Bertz CT molecular complexity index is 583. The van der Waals surface area contributed by atoms with Crippen molar-refractivity contribution in [1.29, 1.82) is 0 Å². The van der Waals surface area contributed by atoms with E-state index in [4.69, 9.17) is 14.2 Å². The maximum absolute atomic E-state index is 11.7. The number of carbonyl (C=O) groups excluding carboxylic acids is 2. The summed E-state index contributed by atoms with van der Waals surface area (Å²) in [5.41, 5.74) is 0.964. The Balaban J connectivity index is 2.48. The molecule has 1 rings (SSSR count). The molecule has 1 amide bonds.